The van der Waals surface area contributed by atoms with E-state index in [4.69, 9.17) is 4.74 Å². The van der Waals surface area contributed by atoms with Crippen molar-refractivity contribution in [1.82, 2.24) is 9.97 Å². The van der Waals surface area contributed by atoms with Crippen LogP contribution in [0.15, 0.2) is 42.6 Å². The summed E-state index contributed by atoms with van der Waals surface area (Å²) in [5, 5.41) is 15.3. The highest BCUT2D eigenvalue weighted by Crippen LogP contribution is 2.38. The van der Waals surface area contributed by atoms with E-state index in [0.29, 0.717) is 28.3 Å². The number of hydrogen-bond donors (Lipinski definition) is 1. The molecule has 1 heterocycles. The number of methoxy groups -OCH3 is 1. The summed E-state index contributed by atoms with van der Waals surface area (Å²) in [4.78, 5) is 19.7. The van der Waals surface area contributed by atoms with Gasteiger partial charge in [-0.15, -0.1) is 0 Å². The molecule has 0 aliphatic rings. The smallest absolute Gasteiger partial charge is 0.277 e. The van der Waals surface area contributed by atoms with Gasteiger partial charge < -0.3 is 10.1 Å². The molecule has 2 aromatic carbocycles. The SMILES string of the molecule is COc1cc2nc(NC(C)C)ncc2cc1-c1ccccc1[N+](=O)[O-]. The Morgan fingerprint density at radius 2 is 1.96 bits per heavy atom. The van der Waals surface area contributed by atoms with Crippen LogP contribution in [0.3, 0.4) is 0 Å². The molecule has 0 radical (unpaired) electrons. The van der Waals surface area contributed by atoms with Crippen LogP contribution < -0.4 is 10.1 Å². The number of ether oxygens (including phenoxy) is 1. The molecule has 7 nitrogen and oxygen atoms in total. The van der Waals surface area contributed by atoms with Crippen molar-refractivity contribution in [2.75, 3.05) is 12.4 Å². The summed E-state index contributed by atoms with van der Waals surface area (Å²) in [5.41, 5.74) is 1.86. The molecule has 0 atom stereocenters. The van der Waals surface area contributed by atoms with E-state index in [1.165, 1.54) is 13.2 Å². The molecule has 0 amide bonds. The van der Waals surface area contributed by atoms with Gasteiger partial charge >= 0.3 is 0 Å². The number of nitro groups is 1. The molecule has 0 fully saturated rings. The fourth-order valence-corrected chi connectivity index (χ4v) is 2.63. The molecule has 0 aliphatic carbocycles. The molecule has 0 aliphatic heterocycles. The Morgan fingerprint density at radius 3 is 2.64 bits per heavy atom. The molecular formula is C18H18N4O3. The number of fused-ring (bicyclic) bond motifs is 1. The molecule has 0 spiro atoms. The number of hydrogen-bond acceptors (Lipinski definition) is 6. The van der Waals surface area contributed by atoms with Crippen molar-refractivity contribution in [3.63, 3.8) is 0 Å². The summed E-state index contributed by atoms with van der Waals surface area (Å²) in [5.74, 6) is 1.05. The van der Waals surface area contributed by atoms with E-state index in [2.05, 4.69) is 15.3 Å². The first kappa shape index (κ1) is 16.6. The summed E-state index contributed by atoms with van der Waals surface area (Å²) >= 11 is 0. The average Bonchev–Trinajstić information content (AvgIpc) is 2.60. The minimum Gasteiger partial charge on any atom is -0.496 e. The van der Waals surface area contributed by atoms with E-state index < -0.39 is 4.92 Å². The lowest BCUT2D eigenvalue weighted by atomic mass is 10.0. The first-order valence-electron chi connectivity index (χ1n) is 7.84. The van der Waals surface area contributed by atoms with Gasteiger partial charge in [-0.1, -0.05) is 12.1 Å². The van der Waals surface area contributed by atoms with Crippen molar-refractivity contribution in [3.05, 3.63) is 52.7 Å². The highest BCUT2D eigenvalue weighted by molar-refractivity contribution is 5.90. The lowest BCUT2D eigenvalue weighted by Crippen LogP contribution is -2.12. The van der Waals surface area contributed by atoms with Crippen LogP contribution in [-0.2, 0) is 0 Å². The molecule has 128 valence electrons. The Kier molecular flexibility index (Phi) is 4.47. The number of anilines is 1. The number of nitrogens with zero attached hydrogens (tertiary/aromatic N) is 3. The third kappa shape index (κ3) is 3.35. The second-order valence-electron chi connectivity index (χ2n) is 5.88. The van der Waals surface area contributed by atoms with E-state index in [1.54, 1.807) is 30.5 Å². The van der Waals surface area contributed by atoms with Crippen molar-refractivity contribution < 1.29 is 9.66 Å². The van der Waals surface area contributed by atoms with Gasteiger partial charge in [0.25, 0.3) is 5.69 Å². The van der Waals surface area contributed by atoms with Gasteiger partial charge in [0.15, 0.2) is 0 Å². The standard InChI is InChI=1S/C18H18N4O3/c1-11(2)20-18-19-10-12-8-14(17(25-3)9-15(12)21-18)13-6-4-5-7-16(13)22(23)24/h4-11H,1-3H3,(H,19,20,21). The van der Waals surface area contributed by atoms with Crippen molar-refractivity contribution in [1.29, 1.82) is 0 Å². The van der Waals surface area contributed by atoms with Gasteiger partial charge in [-0.3, -0.25) is 10.1 Å². The highest BCUT2D eigenvalue weighted by atomic mass is 16.6. The maximum absolute atomic E-state index is 11.3. The predicted molar refractivity (Wildman–Crippen MR) is 96.9 cm³/mol. The van der Waals surface area contributed by atoms with Crippen LogP contribution in [-0.4, -0.2) is 28.0 Å². The summed E-state index contributed by atoms with van der Waals surface area (Å²) in [7, 11) is 1.54. The molecule has 1 N–H and O–H groups in total. The Hall–Kier alpha value is -3.22. The lowest BCUT2D eigenvalue weighted by molar-refractivity contribution is -0.384. The van der Waals surface area contributed by atoms with Crippen molar-refractivity contribution >= 4 is 22.5 Å². The first-order valence-corrected chi connectivity index (χ1v) is 7.84. The molecule has 0 saturated heterocycles. The quantitative estimate of drug-likeness (QED) is 0.558. The molecule has 0 unspecified atom stereocenters. The first-order chi connectivity index (χ1) is 12.0. The average molecular weight is 338 g/mol. The van der Waals surface area contributed by atoms with Crippen LogP contribution in [0.2, 0.25) is 0 Å². The van der Waals surface area contributed by atoms with Crippen LogP contribution in [0.5, 0.6) is 5.75 Å². The van der Waals surface area contributed by atoms with Crippen LogP contribution in [0.25, 0.3) is 22.0 Å². The number of benzene rings is 2. The largest absolute Gasteiger partial charge is 0.496 e. The minimum atomic E-state index is -0.398. The molecule has 0 saturated carbocycles. The molecule has 1 aromatic heterocycles. The summed E-state index contributed by atoms with van der Waals surface area (Å²) in [6.45, 7) is 4.01. The number of nitro benzene ring substituents is 1. The third-order valence-corrected chi connectivity index (χ3v) is 3.71. The normalized spacial score (nSPS) is 10.9. The second kappa shape index (κ2) is 6.72. The van der Waals surface area contributed by atoms with E-state index in [1.807, 2.05) is 19.9 Å². The fraction of sp³-hybridized carbons (Fsp3) is 0.222. The van der Waals surface area contributed by atoms with Crippen molar-refractivity contribution in [2.24, 2.45) is 0 Å². The van der Waals surface area contributed by atoms with Gasteiger partial charge in [0.05, 0.1) is 23.1 Å². The summed E-state index contributed by atoms with van der Waals surface area (Å²) in [6, 6.07) is 10.4. The second-order valence-corrected chi connectivity index (χ2v) is 5.88. The van der Waals surface area contributed by atoms with Crippen LogP contribution in [0.1, 0.15) is 13.8 Å². The maximum Gasteiger partial charge on any atom is 0.277 e. The van der Waals surface area contributed by atoms with Gasteiger partial charge in [0.1, 0.15) is 5.75 Å². The van der Waals surface area contributed by atoms with Gasteiger partial charge in [-0.25, -0.2) is 9.97 Å². The zero-order valence-corrected chi connectivity index (χ0v) is 14.2. The number of nitrogens with one attached hydrogen (secondary N) is 1. The third-order valence-electron chi connectivity index (χ3n) is 3.71. The molecule has 3 aromatic rings. The number of rotatable bonds is 5. The Labute approximate surface area is 144 Å². The fourth-order valence-electron chi connectivity index (χ4n) is 2.63. The summed E-state index contributed by atoms with van der Waals surface area (Å²) in [6.07, 6.45) is 1.70. The van der Waals surface area contributed by atoms with Gasteiger partial charge in [0.2, 0.25) is 5.95 Å². The molecule has 3 rings (SSSR count). The van der Waals surface area contributed by atoms with Crippen molar-refractivity contribution in [3.8, 4) is 16.9 Å². The Balaban J connectivity index is 2.18. The molecule has 0 bridgehead atoms. The highest BCUT2D eigenvalue weighted by Gasteiger charge is 2.18. The van der Waals surface area contributed by atoms with Crippen LogP contribution >= 0.6 is 0 Å². The van der Waals surface area contributed by atoms with Gasteiger partial charge in [-0.2, -0.15) is 0 Å². The maximum atomic E-state index is 11.3. The molecule has 25 heavy (non-hydrogen) atoms. The predicted octanol–water partition coefficient (Wildman–Crippen LogP) is 4.03. The molecular weight excluding hydrogens is 320 g/mol. The number of para-hydroxylation sites is 1. The zero-order valence-electron chi connectivity index (χ0n) is 14.2. The molecule has 7 heteroatoms. The van der Waals surface area contributed by atoms with Crippen LogP contribution in [0, 0.1) is 10.1 Å². The van der Waals surface area contributed by atoms with E-state index in [-0.39, 0.29) is 11.7 Å². The Bertz CT molecular complexity index is 941. The summed E-state index contributed by atoms with van der Waals surface area (Å²) < 4.78 is 5.46. The number of aromatic nitrogens is 2. The van der Waals surface area contributed by atoms with Gasteiger partial charge in [-0.05, 0) is 26.0 Å². The Morgan fingerprint density at radius 1 is 1.20 bits per heavy atom. The van der Waals surface area contributed by atoms with Crippen molar-refractivity contribution in [2.45, 2.75) is 19.9 Å². The minimum absolute atomic E-state index is 0.0270. The van der Waals surface area contributed by atoms with E-state index in [9.17, 15) is 10.1 Å². The zero-order chi connectivity index (χ0) is 18.0. The lowest BCUT2D eigenvalue weighted by Gasteiger charge is -2.12. The van der Waals surface area contributed by atoms with E-state index >= 15 is 0 Å². The van der Waals surface area contributed by atoms with Gasteiger partial charge in [0, 0.05) is 35.3 Å². The van der Waals surface area contributed by atoms with E-state index in [0.717, 1.165) is 5.39 Å². The topological polar surface area (TPSA) is 90.2 Å². The monoisotopic (exact) mass is 338 g/mol. The van der Waals surface area contributed by atoms with Crippen LogP contribution in [0.4, 0.5) is 11.6 Å².